The Morgan fingerprint density at radius 3 is 2.48 bits per heavy atom. The highest BCUT2D eigenvalue weighted by molar-refractivity contribution is 6.30. The van der Waals surface area contributed by atoms with Crippen molar-refractivity contribution in [1.29, 1.82) is 0 Å². The van der Waals surface area contributed by atoms with Crippen molar-refractivity contribution < 1.29 is 0 Å². The van der Waals surface area contributed by atoms with Gasteiger partial charge in [0.15, 0.2) is 0 Å². The quantitative estimate of drug-likeness (QED) is 0.809. The maximum Gasteiger partial charge on any atom is 0.0485 e. The predicted octanol–water partition coefficient (Wildman–Crippen LogP) is 5.07. The minimum atomic E-state index is 0.458. The molecule has 1 unspecified atom stereocenters. The number of aromatic nitrogens is 1. The maximum atomic E-state index is 6.06. The van der Waals surface area contributed by atoms with E-state index in [1.54, 1.807) is 5.69 Å². The Bertz CT molecular complexity index is 655. The van der Waals surface area contributed by atoms with Crippen LogP contribution in [0, 0.1) is 0 Å². The molecule has 1 aliphatic rings. The van der Waals surface area contributed by atoms with Crippen LogP contribution in [-0.4, -0.2) is 16.7 Å². The molecule has 0 spiro atoms. The monoisotopic (exact) mass is 330 g/mol. The average molecular weight is 331 g/mol. The SMILES string of the molecule is CC(C)NC(C)Cn1c(-c2ccc(Cl)cc2)cc2c1CCCC2. The summed E-state index contributed by atoms with van der Waals surface area (Å²) in [7, 11) is 0. The molecule has 1 aromatic heterocycles. The van der Waals surface area contributed by atoms with Crippen LogP contribution >= 0.6 is 11.6 Å². The standard InChI is InChI=1S/C20H27ClN2/c1-14(2)22-15(3)13-23-19-7-5-4-6-17(19)12-20(23)16-8-10-18(21)11-9-16/h8-12,14-15,22H,4-7,13H2,1-3H3. The number of hydrogen-bond acceptors (Lipinski definition) is 1. The third-order valence-corrected chi connectivity index (χ3v) is 4.87. The van der Waals surface area contributed by atoms with Gasteiger partial charge in [0.1, 0.15) is 0 Å². The zero-order valence-electron chi connectivity index (χ0n) is 14.4. The number of rotatable bonds is 5. The van der Waals surface area contributed by atoms with E-state index in [1.807, 2.05) is 12.1 Å². The van der Waals surface area contributed by atoms with Crippen molar-refractivity contribution in [1.82, 2.24) is 9.88 Å². The van der Waals surface area contributed by atoms with Crippen molar-refractivity contribution in [3.8, 4) is 11.3 Å². The highest BCUT2D eigenvalue weighted by atomic mass is 35.5. The molecule has 1 atom stereocenters. The first-order valence-electron chi connectivity index (χ1n) is 8.78. The summed E-state index contributed by atoms with van der Waals surface area (Å²) in [6.07, 6.45) is 5.05. The molecule has 0 aliphatic heterocycles. The summed E-state index contributed by atoms with van der Waals surface area (Å²) in [5.74, 6) is 0. The van der Waals surface area contributed by atoms with Crippen molar-refractivity contribution in [2.24, 2.45) is 0 Å². The molecule has 1 heterocycles. The van der Waals surface area contributed by atoms with Gasteiger partial charge in [-0.25, -0.2) is 0 Å². The summed E-state index contributed by atoms with van der Waals surface area (Å²) >= 11 is 6.06. The minimum absolute atomic E-state index is 0.458. The first-order valence-corrected chi connectivity index (χ1v) is 9.15. The van der Waals surface area contributed by atoms with E-state index in [2.05, 4.69) is 48.9 Å². The summed E-state index contributed by atoms with van der Waals surface area (Å²) in [6, 6.07) is 11.6. The van der Waals surface area contributed by atoms with E-state index in [9.17, 15) is 0 Å². The smallest absolute Gasteiger partial charge is 0.0485 e. The molecule has 1 aliphatic carbocycles. The van der Waals surface area contributed by atoms with Crippen molar-refractivity contribution >= 4 is 11.6 Å². The Hall–Kier alpha value is -1.25. The Morgan fingerprint density at radius 2 is 1.78 bits per heavy atom. The lowest BCUT2D eigenvalue weighted by molar-refractivity contribution is 0.432. The van der Waals surface area contributed by atoms with Crippen LogP contribution in [0.25, 0.3) is 11.3 Å². The number of benzene rings is 1. The van der Waals surface area contributed by atoms with E-state index in [0.717, 1.165) is 11.6 Å². The number of nitrogens with one attached hydrogen (secondary N) is 1. The van der Waals surface area contributed by atoms with E-state index < -0.39 is 0 Å². The first-order chi connectivity index (χ1) is 11.0. The molecule has 3 heteroatoms. The third kappa shape index (κ3) is 3.81. The van der Waals surface area contributed by atoms with Gasteiger partial charge in [-0.3, -0.25) is 0 Å². The van der Waals surface area contributed by atoms with Gasteiger partial charge in [0.25, 0.3) is 0 Å². The zero-order valence-corrected chi connectivity index (χ0v) is 15.2. The van der Waals surface area contributed by atoms with Crippen LogP contribution in [-0.2, 0) is 19.4 Å². The lowest BCUT2D eigenvalue weighted by atomic mass is 9.98. The maximum absolute atomic E-state index is 6.06. The molecule has 0 fully saturated rings. The molecule has 23 heavy (non-hydrogen) atoms. The Morgan fingerprint density at radius 1 is 1.09 bits per heavy atom. The van der Waals surface area contributed by atoms with Crippen LogP contribution in [0.3, 0.4) is 0 Å². The molecular formula is C20H27ClN2. The topological polar surface area (TPSA) is 17.0 Å². The van der Waals surface area contributed by atoms with Gasteiger partial charge in [-0.2, -0.15) is 0 Å². The van der Waals surface area contributed by atoms with E-state index in [1.165, 1.54) is 42.5 Å². The van der Waals surface area contributed by atoms with E-state index in [4.69, 9.17) is 11.6 Å². The molecule has 0 radical (unpaired) electrons. The molecule has 1 aromatic carbocycles. The summed E-state index contributed by atoms with van der Waals surface area (Å²) < 4.78 is 2.54. The van der Waals surface area contributed by atoms with Crippen LogP contribution in [0.1, 0.15) is 44.9 Å². The Labute approximate surface area is 144 Å². The molecule has 2 nitrogen and oxygen atoms in total. The lowest BCUT2D eigenvalue weighted by Crippen LogP contribution is -2.36. The number of halogens is 1. The molecule has 0 saturated carbocycles. The highest BCUT2D eigenvalue weighted by Crippen LogP contribution is 2.32. The van der Waals surface area contributed by atoms with Crippen molar-refractivity contribution in [3.05, 3.63) is 46.6 Å². The summed E-state index contributed by atoms with van der Waals surface area (Å²) in [4.78, 5) is 0. The van der Waals surface area contributed by atoms with E-state index in [-0.39, 0.29) is 0 Å². The highest BCUT2D eigenvalue weighted by Gasteiger charge is 2.20. The number of fused-ring (bicyclic) bond motifs is 1. The van der Waals surface area contributed by atoms with Gasteiger partial charge in [0, 0.05) is 35.0 Å². The van der Waals surface area contributed by atoms with Crippen LogP contribution in [0.4, 0.5) is 0 Å². The van der Waals surface area contributed by atoms with Gasteiger partial charge < -0.3 is 9.88 Å². The summed E-state index contributed by atoms with van der Waals surface area (Å²) in [5, 5.41) is 4.43. The average Bonchev–Trinajstić information content (AvgIpc) is 2.86. The van der Waals surface area contributed by atoms with Crippen LogP contribution in [0.5, 0.6) is 0 Å². The van der Waals surface area contributed by atoms with Gasteiger partial charge in [0.05, 0.1) is 0 Å². The molecule has 124 valence electrons. The fraction of sp³-hybridized carbons (Fsp3) is 0.500. The van der Waals surface area contributed by atoms with Crippen molar-refractivity contribution in [2.75, 3.05) is 0 Å². The van der Waals surface area contributed by atoms with Gasteiger partial charge in [0.2, 0.25) is 0 Å². The molecule has 0 bridgehead atoms. The van der Waals surface area contributed by atoms with Crippen LogP contribution in [0.2, 0.25) is 5.02 Å². The van der Waals surface area contributed by atoms with Gasteiger partial charge in [-0.15, -0.1) is 0 Å². The number of hydrogen-bond donors (Lipinski definition) is 1. The second-order valence-electron chi connectivity index (χ2n) is 7.05. The van der Waals surface area contributed by atoms with E-state index in [0.29, 0.717) is 12.1 Å². The summed E-state index contributed by atoms with van der Waals surface area (Å²) in [5.41, 5.74) is 5.68. The zero-order chi connectivity index (χ0) is 16.4. The molecule has 0 amide bonds. The molecular weight excluding hydrogens is 304 g/mol. The lowest BCUT2D eigenvalue weighted by Gasteiger charge is -2.23. The molecule has 3 rings (SSSR count). The Kier molecular flexibility index (Phi) is 5.13. The molecule has 2 aromatic rings. The second-order valence-corrected chi connectivity index (χ2v) is 7.48. The third-order valence-electron chi connectivity index (χ3n) is 4.62. The van der Waals surface area contributed by atoms with Crippen LogP contribution in [0.15, 0.2) is 30.3 Å². The van der Waals surface area contributed by atoms with Crippen molar-refractivity contribution in [2.45, 2.75) is 65.1 Å². The normalized spacial score (nSPS) is 15.7. The van der Waals surface area contributed by atoms with Crippen LogP contribution < -0.4 is 5.32 Å². The largest absolute Gasteiger partial charge is 0.343 e. The second kappa shape index (κ2) is 7.11. The molecule has 1 N–H and O–H groups in total. The van der Waals surface area contributed by atoms with E-state index >= 15 is 0 Å². The molecule has 0 saturated heterocycles. The van der Waals surface area contributed by atoms with Crippen molar-refractivity contribution in [3.63, 3.8) is 0 Å². The number of nitrogens with zero attached hydrogens (tertiary/aromatic N) is 1. The minimum Gasteiger partial charge on any atom is -0.343 e. The van der Waals surface area contributed by atoms with Gasteiger partial charge in [-0.05, 0) is 61.9 Å². The fourth-order valence-corrected chi connectivity index (χ4v) is 3.85. The Balaban J connectivity index is 1.97. The summed E-state index contributed by atoms with van der Waals surface area (Å²) in [6.45, 7) is 7.72. The number of aryl methyl sites for hydroxylation is 1. The first kappa shape index (κ1) is 16.6. The fourth-order valence-electron chi connectivity index (χ4n) is 3.73. The van der Waals surface area contributed by atoms with Gasteiger partial charge >= 0.3 is 0 Å². The van der Waals surface area contributed by atoms with Gasteiger partial charge in [-0.1, -0.05) is 37.6 Å². The predicted molar refractivity (Wildman–Crippen MR) is 99.3 cm³/mol.